The number of carbonyl (C=O) groups excluding carboxylic acids is 1. The molecular formula is C15H12Cl2O2S. The summed E-state index contributed by atoms with van der Waals surface area (Å²) in [4.78, 5) is 12.0. The Hall–Kier alpha value is -1.16. The predicted molar refractivity (Wildman–Crippen MR) is 83.9 cm³/mol. The Kier molecular flexibility index (Phi) is 5.35. The number of benzene rings is 2. The first kappa shape index (κ1) is 15.2. The molecule has 2 nitrogen and oxygen atoms in total. The summed E-state index contributed by atoms with van der Waals surface area (Å²) in [6.07, 6.45) is 0. The molecule has 0 fully saturated rings. The van der Waals surface area contributed by atoms with E-state index >= 15 is 0 Å². The van der Waals surface area contributed by atoms with E-state index in [-0.39, 0.29) is 17.3 Å². The summed E-state index contributed by atoms with van der Waals surface area (Å²) in [6, 6.07) is 13.8. The molecule has 0 aromatic heterocycles. The highest BCUT2D eigenvalue weighted by molar-refractivity contribution is 7.85. The highest BCUT2D eigenvalue weighted by atomic mass is 35.5. The number of rotatable bonds is 5. The van der Waals surface area contributed by atoms with Crippen LogP contribution in [0.5, 0.6) is 0 Å². The van der Waals surface area contributed by atoms with E-state index in [0.29, 0.717) is 15.6 Å². The van der Waals surface area contributed by atoms with E-state index in [0.717, 1.165) is 5.56 Å². The van der Waals surface area contributed by atoms with Gasteiger partial charge in [0.1, 0.15) is 0 Å². The fraction of sp³-hybridized carbons (Fsp3) is 0.133. The molecule has 0 bridgehead atoms. The molecule has 0 amide bonds. The first-order valence-electron chi connectivity index (χ1n) is 5.93. The van der Waals surface area contributed by atoms with Gasteiger partial charge in [0.25, 0.3) is 0 Å². The second kappa shape index (κ2) is 7.02. The van der Waals surface area contributed by atoms with Gasteiger partial charge in [-0.2, -0.15) is 0 Å². The summed E-state index contributed by atoms with van der Waals surface area (Å²) in [5, 5.41) is 1.06. The number of hydrogen-bond acceptors (Lipinski definition) is 2. The maximum Gasteiger partial charge on any atom is 0.175 e. The first-order valence-corrected chi connectivity index (χ1v) is 8.18. The molecule has 0 saturated heterocycles. The number of halogens is 2. The predicted octanol–water partition coefficient (Wildman–Crippen LogP) is 4.13. The van der Waals surface area contributed by atoms with E-state index in [9.17, 15) is 9.00 Å². The Morgan fingerprint density at radius 1 is 1.05 bits per heavy atom. The zero-order chi connectivity index (χ0) is 14.5. The van der Waals surface area contributed by atoms with Crippen molar-refractivity contribution in [3.63, 3.8) is 0 Å². The van der Waals surface area contributed by atoms with Crippen LogP contribution in [0.4, 0.5) is 0 Å². The van der Waals surface area contributed by atoms with Crippen LogP contribution >= 0.6 is 23.2 Å². The van der Waals surface area contributed by atoms with Gasteiger partial charge in [0.2, 0.25) is 0 Å². The normalized spacial score (nSPS) is 12.1. The van der Waals surface area contributed by atoms with Crippen molar-refractivity contribution >= 4 is 39.8 Å². The molecule has 0 aliphatic carbocycles. The SMILES string of the molecule is O=C(CS(=O)Cc1ccccc1Cl)c1cccc(Cl)c1. The van der Waals surface area contributed by atoms with Crippen LogP contribution in [-0.4, -0.2) is 15.7 Å². The van der Waals surface area contributed by atoms with Crippen molar-refractivity contribution in [2.24, 2.45) is 0 Å². The second-order valence-corrected chi connectivity index (χ2v) is 6.55. The van der Waals surface area contributed by atoms with Crippen molar-refractivity contribution in [2.75, 3.05) is 5.75 Å². The summed E-state index contributed by atoms with van der Waals surface area (Å²) >= 11 is 11.8. The fourth-order valence-electron chi connectivity index (χ4n) is 1.73. The first-order chi connectivity index (χ1) is 9.56. The van der Waals surface area contributed by atoms with Gasteiger partial charge in [-0.15, -0.1) is 0 Å². The molecule has 0 N–H and O–H groups in total. The fourth-order valence-corrected chi connectivity index (χ4v) is 3.36. The Bertz CT molecular complexity index is 656. The third-order valence-corrected chi connectivity index (χ3v) is 4.53. The lowest BCUT2D eigenvalue weighted by atomic mass is 10.1. The van der Waals surface area contributed by atoms with Crippen LogP contribution in [0.25, 0.3) is 0 Å². The van der Waals surface area contributed by atoms with Gasteiger partial charge >= 0.3 is 0 Å². The van der Waals surface area contributed by atoms with Gasteiger partial charge in [-0.3, -0.25) is 9.00 Å². The van der Waals surface area contributed by atoms with Gasteiger partial charge in [0.05, 0.1) is 11.5 Å². The molecule has 2 rings (SSSR count). The van der Waals surface area contributed by atoms with Gasteiger partial charge in [-0.1, -0.05) is 53.5 Å². The molecule has 2 aromatic carbocycles. The summed E-state index contributed by atoms with van der Waals surface area (Å²) in [6.45, 7) is 0. The Morgan fingerprint density at radius 3 is 2.50 bits per heavy atom. The van der Waals surface area contributed by atoms with Gasteiger partial charge < -0.3 is 0 Å². The van der Waals surface area contributed by atoms with Crippen molar-refractivity contribution < 1.29 is 9.00 Å². The molecule has 5 heteroatoms. The molecule has 0 aliphatic heterocycles. The molecule has 0 radical (unpaired) electrons. The van der Waals surface area contributed by atoms with Gasteiger partial charge in [-0.25, -0.2) is 0 Å². The Labute approximate surface area is 130 Å². The van der Waals surface area contributed by atoms with Crippen LogP contribution in [0.3, 0.4) is 0 Å². The van der Waals surface area contributed by atoms with Crippen molar-refractivity contribution in [2.45, 2.75) is 5.75 Å². The van der Waals surface area contributed by atoms with Crippen LogP contribution in [0.2, 0.25) is 10.0 Å². The van der Waals surface area contributed by atoms with Crippen LogP contribution in [0, 0.1) is 0 Å². The molecule has 0 aliphatic rings. The van der Waals surface area contributed by atoms with Crippen molar-refractivity contribution in [1.82, 2.24) is 0 Å². The molecule has 0 heterocycles. The Morgan fingerprint density at radius 2 is 1.80 bits per heavy atom. The number of carbonyl (C=O) groups is 1. The monoisotopic (exact) mass is 326 g/mol. The smallest absolute Gasteiger partial charge is 0.175 e. The van der Waals surface area contributed by atoms with Crippen molar-refractivity contribution in [3.8, 4) is 0 Å². The molecule has 0 saturated carbocycles. The van der Waals surface area contributed by atoms with Gasteiger partial charge in [-0.05, 0) is 23.8 Å². The molecule has 2 aromatic rings. The second-order valence-electron chi connectivity index (χ2n) is 4.25. The highest BCUT2D eigenvalue weighted by Gasteiger charge is 2.12. The van der Waals surface area contributed by atoms with Gasteiger partial charge in [0, 0.05) is 26.4 Å². The third-order valence-electron chi connectivity index (χ3n) is 2.71. The third kappa shape index (κ3) is 4.17. The minimum absolute atomic E-state index is 0.0361. The number of Topliss-reactive ketones (excluding diaryl/α,β-unsaturated/α-hetero) is 1. The lowest BCUT2D eigenvalue weighted by molar-refractivity contribution is 0.102. The van der Waals surface area contributed by atoms with Crippen LogP contribution in [-0.2, 0) is 16.6 Å². The van der Waals surface area contributed by atoms with Crippen molar-refractivity contribution in [1.29, 1.82) is 0 Å². The molecule has 1 atom stereocenters. The van der Waals surface area contributed by atoms with Crippen LogP contribution in [0.15, 0.2) is 48.5 Å². The minimum atomic E-state index is -1.30. The highest BCUT2D eigenvalue weighted by Crippen LogP contribution is 2.17. The zero-order valence-corrected chi connectivity index (χ0v) is 12.8. The lowest BCUT2D eigenvalue weighted by Crippen LogP contribution is -2.12. The summed E-state index contributed by atoms with van der Waals surface area (Å²) < 4.78 is 12.0. The van der Waals surface area contributed by atoms with E-state index in [1.807, 2.05) is 18.2 Å². The summed E-state index contributed by atoms with van der Waals surface area (Å²) in [5.41, 5.74) is 1.26. The Balaban J connectivity index is 2.02. The zero-order valence-electron chi connectivity index (χ0n) is 10.5. The lowest BCUT2D eigenvalue weighted by Gasteiger charge is -2.04. The van der Waals surface area contributed by atoms with E-state index in [4.69, 9.17) is 23.2 Å². The van der Waals surface area contributed by atoms with Crippen LogP contribution < -0.4 is 0 Å². The number of ketones is 1. The van der Waals surface area contributed by atoms with E-state index in [1.165, 1.54) is 0 Å². The van der Waals surface area contributed by atoms with Crippen molar-refractivity contribution in [3.05, 3.63) is 69.7 Å². The topological polar surface area (TPSA) is 34.1 Å². The molecule has 0 spiro atoms. The van der Waals surface area contributed by atoms with E-state index < -0.39 is 10.8 Å². The quantitative estimate of drug-likeness (QED) is 0.774. The molecular weight excluding hydrogens is 315 g/mol. The van der Waals surface area contributed by atoms with Crippen LogP contribution in [0.1, 0.15) is 15.9 Å². The van der Waals surface area contributed by atoms with E-state index in [1.54, 1.807) is 30.3 Å². The molecule has 104 valence electrons. The minimum Gasteiger partial charge on any atom is -0.293 e. The summed E-state index contributed by atoms with van der Waals surface area (Å²) in [7, 11) is -1.30. The number of hydrogen-bond donors (Lipinski definition) is 0. The standard InChI is InChI=1S/C15H12Cl2O2S/c16-13-6-3-5-11(8-13)15(18)10-20(19)9-12-4-1-2-7-14(12)17/h1-8H,9-10H2. The molecule has 1 unspecified atom stereocenters. The summed E-state index contributed by atoms with van der Waals surface area (Å²) in [5.74, 6) is 0.0512. The maximum atomic E-state index is 12.0. The molecule has 20 heavy (non-hydrogen) atoms. The van der Waals surface area contributed by atoms with Gasteiger partial charge in [0.15, 0.2) is 5.78 Å². The largest absolute Gasteiger partial charge is 0.293 e. The maximum absolute atomic E-state index is 12.0. The van der Waals surface area contributed by atoms with E-state index in [2.05, 4.69) is 0 Å². The average molecular weight is 327 g/mol. The average Bonchev–Trinajstić information content (AvgIpc) is 2.41.